The Hall–Kier alpha value is 0.340. The second-order valence-corrected chi connectivity index (χ2v) is 7.88. The van der Waals surface area contributed by atoms with Crippen LogP contribution in [0.25, 0.3) is 0 Å². The van der Waals surface area contributed by atoms with Gasteiger partial charge in [0.05, 0.1) is 0 Å². The third kappa shape index (κ3) is 7.41. The molecule has 0 aliphatic rings. The normalized spacial score (nSPS) is 10.0. The standard InChI is InChI=1S/C9H13OSi.BrH.Zn/c1-11(2,3)10-9-7-5-4-6-8-9;;/h4-5,7-8H,1-3H3;1H;/q-1;;+2/p-1. The van der Waals surface area contributed by atoms with Crippen LogP contribution >= 0.6 is 13.6 Å². The maximum absolute atomic E-state index is 5.71. The summed E-state index contributed by atoms with van der Waals surface area (Å²) in [4.78, 5) is 0. The summed E-state index contributed by atoms with van der Waals surface area (Å²) in [5, 5.41) is 0. The molecule has 0 bridgehead atoms. The van der Waals surface area contributed by atoms with E-state index >= 15 is 0 Å². The second kappa shape index (κ2) is 6.74. The van der Waals surface area contributed by atoms with Gasteiger partial charge in [-0.2, -0.15) is 18.2 Å². The van der Waals surface area contributed by atoms with Crippen LogP contribution < -0.4 is 4.43 Å². The first-order valence-electron chi connectivity index (χ1n) is 4.00. The van der Waals surface area contributed by atoms with Crippen LogP contribution in [0.15, 0.2) is 24.3 Å². The van der Waals surface area contributed by atoms with E-state index in [0.29, 0.717) is 0 Å². The molecule has 0 N–H and O–H groups in total. The predicted octanol–water partition coefficient (Wildman–Crippen LogP) is 3.54. The number of hydrogen-bond donors (Lipinski definition) is 0. The average molecular weight is 311 g/mol. The van der Waals surface area contributed by atoms with Crippen molar-refractivity contribution in [3.63, 3.8) is 0 Å². The van der Waals surface area contributed by atoms with Gasteiger partial charge in [0.1, 0.15) is 0 Å². The summed E-state index contributed by atoms with van der Waals surface area (Å²) >= 11 is 4.25. The van der Waals surface area contributed by atoms with Crippen molar-refractivity contribution in [1.82, 2.24) is 0 Å². The van der Waals surface area contributed by atoms with E-state index in [2.05, 4.69) is 39.3 Å². The Kier molecular flexibility index (Phi) is 6.92. The molecule has 68 valence electrons. The van der Waals surface area contributed by atoms with Crippen molar-refractivity contribution in [1.29, 1.82) is 0 Å². The van der Waals surface area contributed by atoms with Crippen LogP contribution in [-0.4, -0.2) is 8.32 Å². The fourth-order valence-electron chi connectivity index (χ4n) is 0.794. The third-order valence-electron chi connectivity index (χ3n) is 1.10. The molecular weight excluding hydrogens is 297 g/mol. The van der Waals surface area contributed by atoms with Gasteiger partial charge >= 0.3 is 30.0 Å². The molecule has 0 spiro atoms. The van der Waals surface area contributed by atoms with E-state index in [4.69, 9.17) is 4.43 Å². The molecule has 0 aliphatic carbocycles. The Morgan fingerprint density at radius 1 is 1.38 bits per heavy atom. The Bertz CT molecular complexity index is 223. The molecular formula is C9H13BrOSiZn. The topological polar surface area (TPSA) is 9.23 Å². The van der Waals surface area contributed by atoms with Gasteiger partial charge in [-0.25, -0.2) is 0 Å². The van der Waals surface area contributed by atoms with E-state index in [9.17, 15) is 0 Å². The molecule has 4 heteroatoms. The molecule has 0 radical (unpaired) electrons. The Morgan fingerprint density at radius 2 is 2.00 bits per heavy atom. The molecule has 0 fully saturated rings. The molecule has 1 aromatic rings. The molecule has 0 saturated heterocycles. The van der Waals surface area contributed by atoms with Gasteiger partial charge in [0, 0.05) is 0 Å². The van der Waals surface area contributed by atoms with E-state index in [1.165, 1.54) is 16.3 Å². The number of hydrogen-bond acceptors (Lipinski definition) is 1. The summed E-state index contributed by atoms with van der Waals surface area (Å²) in [5.74, 6) is 0.937. The summed E-state index contributed by atoms with van der Waals surface area (Å²) in [6.07, 6.45) is 0. The van der Waals surface area contributed by atoms with E-state index in [0.717, 1.165) is 5.75 Å². The fraction of sp³-hybridized carbons (Fsp3) is 0.333. The van der Waals surface area contributed by atoms with Crippen LogP contribution in [0.3, 0.4) is 0 Å². The van der Waals surface area contributed by atoms with E-state index in [1.807, 2.05) is 24.3 Å². The summed E-state index contributed by atoms with van der Waals surface area (Å²) in [7, 11) is -1.42. The van der Waals surface area contributed by atoms with Gasteiger partial charge in [0.15, 0.2) is 0 Å². The van der Waals surface area contributed by atoms with Crippen LogP contribution in [-0.2, 0) is 16.3 Å². The first-order valence-corrected chi connectivity index (χ1v) is 14.4. The monoisotopic (exact) mass is 308 g/mol. The molecule has 0 amide bonds. The van der Waals surface area contributed by atoms with E-state index in [-0.39, 0.29) is 0 Å². The van der Waals surface area contributed by atoms with Gasteiger partial charge in [0.2, 0.25) is 8.32 Å². The first kappa shape index (κ1) is 13.3. The summed E-state index contributed by atoms with van der Waals surface area (Å²) < 4.78 is 5.71. The van der Waals surface area contributed by atoms with Gasteiger partial charge in [-0.1, -0.05) is 0 Å². The molecule has 1 aromatic carbocycles. The molecule has 0 atom stereocenters. The fourth-order valence-corrected chi connectivity index (χ4v) is 1.63. The van der Waals surface area contributed by atoms with Crippen molar-refractivity contribution >= 4 is 21.9 Å². The minimum absolute atomic E-state index is 0.937. The van der Waals surface area contributed by atoms with Gasteiger partial charge in [-0.05, 0) is 25.4 Å². The minimum atomic E-state index is -1.42. The van der Waals surface area contributed by atoms with Crippen molar-refractivity contribution in [3.05, 3.63) is 30.3 Å². The van der Waals surface area contributed by atoms with Gasteiger partial charge in [-0.3, -0.25) is 0 Å². The summed E-state index contributed by atoms with van der Waals surface area (Å²) in [6.45, 7) is 6.50. The van der Waals surface area contributed by atoms with Crippen molar-refractivity contribution in [2.45, 2.75) is 19.6 Å². The van der Waals surface area contributed by atoms with Crippen LogP contribution in [0.1, 0.15) is 0 Å². The Labute approximate surface area is 98.0 Å². The maximum atomic E-state index is 5.71. The van der Waals surface area contributed by atoms with Gasteiger partial charge in [0.25, 0.3) is 0 Å². The molecule has 1 nitrogen and oxygen atoms in total. The van der Waals surface area contributed by atoms with Crippen molar-refractivity contribution in [2.75, 3.05) is 0 Å². The van der Waals surface area contributed by atoms with Crippen molar-refractivity contribution in [3.8, 4) is 5.75 Å². The van der Waals surface area contributed by atoms with Crippen LogP contribution in [0.5, 0.6) is 5.75 Å². The number of rotatable bonds is 2. The van der Waals surface area contributed by atoms with E-state index < -0.39 is 8.32 Å². The first-order chi connectivity index (χ1) is 6.08. The molecule has 0 unspecified atom stereocenters. The van der Waals surface area contributed by atoms with Crippen LogP contribution in [0.2, 0.25) is 19.6 Å². The number of benzene rings is 1. The van der Waals surface area contributed by atoms with Crippen molar-refractivity contribution < 1.29 is 20.8 Å². The summed E-state index contributed by atoms with van der Waals surface area (Å²) in [5.41, 5.74) is 0. The second-order valence-electron chi connectivity index (χ2n) is 3.45. The molecule has 0 aliphatic heterocycles. The Balaban J connectivity index is 0.000000671. The zero-order valence-corrected chi connectivity index (χ0v) is 13.9. The van der Waals surface area contributed by atoms with Gasteiger partial charge < -0.3 is 4.43 Å². The summed E-state index contributed by atoms with van der Waals surface area (Å²) in [6, 6.07) is 10.6. The van der Waals surface area contributed by atoms with Crippen molar-refractivity contribution in [2.24, 2.45) is 0 Å². The zero-order chi connectivity index (χ0) is 10.3. The third-order valence-corrected chi connectivity index (χ3v) is 1.95. The van der Waals surface area contributed by atoms with Crippen LogP contribution in [0.4, 0.5) is 0 Å². The van der Waals surface area contributed by atoms with Gasteiger partial charge in [-0.15, -0.1) is 12.1 Å². The SMILES string of the molecule is C[Si](C)(C)Oc1c[c-]ccc1.[Zn+][Br]. The zero-order valence-electron chi connectivity index (χ0n) is 8.30. The molecule has 0 aromatic heterocycles. The van der Waals surface area contributed by atoms with Crippen LogP contribution in [0, 0.1) is 6.07 Å². The number of halogens is 1. The predicted molar refractivity (Wildman–Crippen MR) is 58.2 cm³/mol. The average Bonchev–Trinajstić information content (AvgIpc) is 2.07. The molecule has 0 heterocycles. The molecule has 13 heavy (non-hydrogen) atoms. The molecule has 1 rings (SSSR count). The quantitative estimate of drug-likeness (QED) is 0.600. The molecule has 0 saturated carbocycles. The van der Waals surface area contributed by atoms with E-state index in [1.54, 1.807) is 0 Å². The Morgan fingerprint density at radius 3 is 2.38 bits per heavy atom.